The minimum atomic E-state index is -2.97. The van der Waals surface area contributed by atoms with Crippen molar-refractivity contribution >= 4 is 11.9 Å². The SMILES string of the molecule is COc1cc(C(=O)/C=C/c2cccc(OCC(C)C)c2)ccc1OC(F)F. The molecule has 0 spiro atoms. The molecule has 2 aromatic carbocycles. The molecule has 2 rings (SSSR count). The van der Waals surface area contributed by atoms with Crippen LogP contribution < -0.4 is 14.2 Å². The molecular formula is C21H22F2O4. The Morgan fingerprint density at radius 2 is 1.89 bits per heavy atom. The highest BCUT2D eigenvalue weighted by atomic mass is 19.3. The molecule has 0 heterocycles. The van der Waals surface area contributed by atoms with Gasteiger partial charge in [-0.25, -0.2) is 0 Å². The van der Waals surface area contributed by atoms with Crippen LogP contribution in [0.4, 0.5) is 8.78 Å². The number of hydrogen-bond acceptors (Lipinski definition) is 4. The molecule has 0 N–H and O–H groups in total. The molecule has 0 aromatic heterocycles. The van der Waals surface area contributed by atoms with Crippen LogP contribution in [0.1, 0.15) is 29.8 Å². The number of benzene rings is 2. The van der Waals surface area contributed by atoms with Gasteiger partial charge in [-0.2, -0.15) is 8.78 Å². The lowest BCUT2D eigenvalue weighted by Crippen LogP contribution is -2.04. The summed E-state index contributed by atoms with van der Waals surface area (Å²) < 4.78 is 39.8. The van der Waals surface area contributed by atoms with Gasteiger partial charge in [0.05, 0.1) is 13.7 Å². The average Bonchev–Trinajstić information content (AvgIpc) is 2.64. The summed E-state index contributed by atoms with van der Waals surface area (Å²) in [7, 11) is 1.32. The van der Waals surface area contributed by atoms with Crippen LogP contribution in [0.2, 0.25) is 0 Å². The number of hydrogen-bond donors (Lipinski definition) is 0. The second kappa shape index (κ2) is 9.71. The van der Waals surface area contributed by atoms with Gasteiger partial charge in [-0.1, -0.05) is 32.1 Å². The summed E-state index contributed by atoms with van der Waals surface area (Å²) in [5.41, 5.74) is 1.12. The van der Waals surface area contributed by atoms with E-state index in [1.54, 1.807) is 6.08 Å². The molecule has 0 aliphatic rings. The van der Waals surface area contributed by atoms with Crippen molar-refractivity contribution in [1.29, 1.82) is 0 Å². The largest absolute Gasteiger partial charge is 0.493 e. The molecular weight excluding hydrogens is 354 g/mol. The van der Waals surface area contributed by atoms with E-state index in [0.29, 0.717) is 18.1 Å². The maximum Gasteiger partial charge on any atom is 0.387 e. The van der Waals surface area contributed by atoms with E-state index in [2.05, 4.69) is 18.6 Å². The molecule has 0 amide bonds. The normalized spacial score (nSPS) is 11.2. The number of halogens is 2. The van der Waals surface area contributed by atoms with Crippen LogP contribution in [0.3, 0.4) is 0 Å². The van der Waals surface area contributed by atoms with Gasteiger partial charge in [0.25, 0.3) is 0 Å². The van der Waals surface area contributed by atoms with Crippen molar-refractivity contribution in [3.05, 3.63) is 59.7 Å². The number of allylic oxidation sites excluding steroid dienone is 1. The van der Waals surface area contributed by atoms with Gasteiger partial charge in [-0.05, 0) is 47.9 Å². The fourth-order valence-corrected chi connectivity index (χ4v) is 2.25. The first-order valence-corrected chi connectivity index (χ1v) is 8.47. The van der Waals surface area contributed by atoms with Crippen molar-refractivity contribution in [3.8, 4) is 17.2 Å². The maximum atomic E-state index is 12.4. The Labute approximate surface area is 157 Å². The van der Waals surface area contributed by atoms with Crippen LogP contribution in [-0.2, 0) is 0 Å². The average molecular weight is 376 g/mol. The summed E-state index contributed by atoms with van der Waals surface area (Å²) in [6.07, 6.45) is 3.07. The third kappa shape index (κ3) is 6.40. The van der Waals surface area contributed by atoms with Crippen LogP contribution in [-0.4, -0.2) is 26.1 Å². The van der Waals surface area contributed by atoms with E-state index in [4.69, 9.17) is 9.47 Å². The van der Waals surface area contributed by atoms with E-state index in [1.807, 2.05) is 24.3 Å². The fraction of sp³-hybridized carbons (Fsp3) is 0.286. The Morgan fingerprint density at radius 3 is 2.56 bits per heavy atom. The number of rotatable bonds is 9. The lowest BCUT2D eigenvalue weighted by Gasteiger charge is -2.10. The van der Waals surface area contributed by atoms with Gasteiger partial charge in [-0.3, -0.25) is 4.79 Å². The first-order chi connectivity index (χ1) is 12.9. The second-order valence-corrected chi connectivity index (χ2v) is 6.22. The summed E-state index contributed by atoms with van der Waals surface area (Å²) >= 11 is 0. The van der Waals surface area contributed by atoms with Gasteiger partial charge in [-0.15, -0.1) is 0 Å². The second-order valence-electron chi connectivity index (χ2n) is 6.22. The van der Waals surface area contributed by atoms with Gasteiger partial charge in [0.15, 0.2) is 17.3 Å². The standard InChI is InChI=1S/C21H22F2O4/c1-14(2)13-26-17-6-4-5-15(11-17)7-9-18(24)16-8-10-19(27-21(22)23)20(12-16)25-3/h4-12,14,21H,13H2,1-3H3/b9-7+. The Kier molecular flexibility index (Phi) is 7.34. The minimum absolute atomic E-state index is 0.0682. The molecule has 4 nitrogen and oxygen atoms in total. The smallest absolute Gasteiger partial charge is 0.387 e. The fourth-order valence-electron chi connectivity index (χ4n) is 2.25. The van der Waals surface area contributed by atoms with E-state index in [9.17, 15) is 13.6 Å². The monoisotopic (exact) mass is 376 g/mol. The number of ether oxygens (including phenoxy) is 3. The summed E-state index contributed by atoms with van der Waals surface area (Å²) in [6.45, 7) is 1.77. The summed E-state index contributed by atoms with van der Waals surface area (Å²) in [4.78, 5) is 12.4. The van der Waals surface area contributed by atoms with Crippen LogP contribution in [0.25, 0.3) is 6.08 Å². The Morgan fingerprint density at radius 1 is 1.11 bits per heavy atom. The summed E-state index contributed by atoms with van der Waals surface area (Å²) in [5, 5.41) is 0. The Hall–Kier alpha value is -2.89. The van der Waals surface area contributed by atoms with Crippen LogP contribution in [0.5, 0.6) is 17.2 Å². The third-order valence-corrected chi connectivity index (χ3v) is 3.53. The van der Waals surface area contributed by atoms with E-state index < -0.39 is 6.61 Å². The highest BCUT2D eigenvalue weighted by Crippen LogP contribution is 2.29. The predicted octanol–water partition coefficient (Wildman–Crippen LogP) is 5.23. The molecule has 0 bridgehead atoms. The van der Waals surface area contributed by atoms with Crippen molar-refractivity contribution in [2.45, 2.75) is 20.5 Å². The molecule has 27 heavy (non-hydrogen) atoms. The number of ketones is 1. The van der Waals surface area contributed by atoms with Crippen molar-refractivity contribution < 1.29 is 27.8 Å². The number of alkyl halides is 2. The van der Waals surface area contributed by atoms with Crippen molar-refractivity contribution in [1.82, 2.24) is 0 Å². The molecule has 0 atom stereocenters. The van der Waals surface area contributed by atoms with Gasteiger partial charge < -0.3 is 14.2 Å². The van der Waals surface area contributed by atoms with Gasteiger partial charge >= 0.3 is 6.61 Å². The minimum Gasteiger partial charge on any atom is -0.493 e. The highest BCUT2D eigenvalue weighted by Gasteiger charge is 2.13. The number of carbonyl (C=O) groups is 1. The number of carbonyl (C=O) groups excluding carboxylic acids is 1. The number of methoxy groups -OCH3 is 1. The van der Waals surface area contributed by atoms with Gasteiger partial charge in [0.1, 0.15) is 5.75 Å². The van der Waals surface area contributed by atoms with E-state index >= 15 is 0 Å². The molecule has 0 fully saturated rings. The van der Waals surface area contributed by atoms with E-state index in [-0.39, 0.29) is 17.3 Å². The quantitative estimate of drug-likeness (QED) is 0.444. The Balaban J connectivity index is 2.11. The van der Waals surface area contributed by atoms with Crippen LogP contribution in [0, 0.1) is 5.92 Å². The molecule has 0 aliphatic carbocycles. The molecule has 2 aromatic rings. The summed E-state index contributed by atoms with van der Waals surface area (Å²) in [6, 6.07) is 11.5. The molecule has 144 valence electrons. The first kappa shape index (κ1) is 20.4. The molecule has 6 heteroatoms. The molecule has 0 saturated heterocycles. The van der Waals surface area contributed by atoms with E-state index in [1.165, 1.54) is 31.4 Å². The third-order valence-electron chi connectivity index (χ3n) is 3.53. The van der Waals surface area contributed by atoms with Crippen molar-refractivity contribution in [3.63, 3.8) is 0 Å². The summed E-state index contributed by atoms with van der Waals surface area (Å²) in [5.74, 6) is 0.804. The van der Waals surface area contributed by atoms with Crippen LogP contribution >= 0.6 is 0 Å². The van der Waals surface area contributed by atoms with Gasteiger partial charge in [0, 0.05) is 5.56 Å². The highest BCUT2D eigenvalue weighted by molar-refractivity contribution is 6.07. The lowest BCUT2D eigenvalue weighted by molar-refractivity contribution is -0.0512. The molecule has 0 aliphatic heterocycles. The predicted molar refractivity (Wildman–Crippen MR) is 99.8 cm³/mol. The zero-order valence-electron chi connectivity index (χ0n) is 15.4. The van der Waals surface area contributed by atoms with Crippen molar-refractivity contribution in [2.24, 2.45) is 5.92 Å². The molecule has 0 unspecified atom stereocenters. The van der Waals surface area contributed by atoms with Crippen molar-refractivity contribution in [2.75, 3.05) is 13.7 Å². The lowest BCUT2D eigenvalue weighted by atomic mass is 10.1. The van der Waals surface area contributed by atoms with Gasteiger partial charge in [0.2, 0.25) is 0 Å². The maximum absolute atomic E-state index is 12.4. The first-order valence-electron chi connectivity index (χ1n) is 8.47. The topological polar surface area (TPSA) is 44.8 Å². The molecule has 0 radical (unpaired) electrons. The zero-order valence-corrected chi connectivity index (χ0v) is 15.4. The molecule has 0 saturated carbocycles. The van der Waals surface area contributed by atoms with E-state index in [0.717, 1.165) is 11.3 Å². The Bertz CT molecular complexity index is 801. The van der Waals surface area contributed by atoms with Crippen LogP contribution in [0.15, 0.2) is 48.5 Å². The zero-order chi connectivity index (χ0) is 19.8.